The molecule has 2 heterocycles. The Morgan fingerprint density at radius 3 is 2.38 bits per heavy atom. The van der Waals surface area contributed by atoms with E-state index in [2.05, 4.69) is 0 Å². The molecule has 0 aromatic heterocycles. The molecule has 1 amide bonds. The maximum absolute atomic E-state index is 13.7. The molecule has 0 N–H and O–H groups in total. The number of carbonyl (C=O) groups excluding carboxylic acids is 2. The predicted molar refractivity (Wildman–Crippen MR) is 97.8 cm³/mol. The molecule has 2 unspecified atom stereocenters. The first-order valence-electron chi connectivity index (χ1n) is 8.88. The van der Waals surface area contributed by atoms with Crippen LogP contribution in [0.5, 0.6) is 5.75 Å². The summed E-state index contributed by atoms with van der Waals surface area (Å²) >= 11 is 0. The lowest BCUT2D eigenvalue weighted by Crippen LogP contribution is -2.67. The van der Waals surface area contributed by atoms with Crippen LogP contribution in [0.25, 0.3) is 0 Å². The Kier molecular flexibility index (Phi) is 4.45. The lowest BCUT2D eigenvalue weighted by Gasteiger charge is -2.44. The number of rotatable bonds is 5. The van der Waals surface area contributed by atoms with Gasteiger partial charge in [0.05, 0.1) is 18.4 Å². The van der Waals surface area contributed by atoms with Crippen LogP contribution in [0, 0.1) is 17.6 Å². The molecule has 152 valence electrons. The fraction of sp³-hybridized carbons (Fsp3) is 0.300. The number of ether oxygens (including phenoxy) is 1. The van der Waals surface area contributed by atoms with E-state index in [1.807, 2.05) is 0 Å². The van der Waals surface area contributed by atoms with Gasteiger partial charge in [0.1, 0.15) is 17.4 Å². The Morgan fingerprint density at radius 1 is 1.10 bits per heavy atom. The van der Waals surface area contributed by atoms with E-state index in [4.69, 9.17) is 4.74 Å². The molecule has 2 aliphatic heterocycles. The molecule has 2 saturated heterocycles. The van der Waals surface area contributed by atoms with Crippen molar-refractivity contribution >= 4 is 21.5 Å². The molecule has 0 saturated carbocycles. The largest absolute Gasteiger partial charge is 0.496 e. The number of amides is 1. The molecular formula is C20H17F2NO5S. The van der Waals surface area contributed by atoms with Crippen molar-refractivity contribution in [3.05, 3.63) is 59.7 Å². The van der Waals surface area contributed by atoms with E-state index in [9.17, 15) is 26.8 Å². The van der Waals surface area contributed by atoms with Crippen molar-refractivity contribution in [2.24, 2.45) is 5.92 Å². The Bertz CT molecular complexity index is 1120. The summed E-state index contributed by atoms with van der Waals surface area (Å²) in [5.74, 6) is -2.65. The zero-order chi connectivity index (χ0) is 21.0. The number of Topliss-reactive ketones (excluding diaryl/α,β-unsaturated/α-hetero) is 1. The van der Waals surface area contributed by atoms with Gasteiger partial charge < -0.3 is 9.64 Å². The average molecular weight is 421 g/mol. The van der Waals surface area contributed by atoms with Gasteiger partial charge in [-0.25, -0.2) is 17.2 Å². The fourth-order valence-corrected chi connectivity index (χ4v) is 6.20. The third-order valence-corrected chi connectivity index (χ3v) is 7.91. The van der Waals surface area contributed by atoms with E-state index in [1.165, 1.54) is 25.3 Å². The van der Waals surface area contributed by atoms with Crippen molar-refractivity contribution in [1.82, 2.24) is 4.90 Å². The van der Waals surface area contributed by atoms with Crippen LogP contribution >= 0.6 is 0 Å². The van der Waals surface area contributed by atoms with Crippen molar-refractivity contribution in [2.75, 3.05) is 13.7 Å². The Balaban J connectivity index is 1.71. The van der Waals surface area contributed by atoms with Crippen LogP contribution in [0.4, 0.5) is 8.78 Å². The molecule has 9 heteroatoms. The minimum Gasteiger partial charge on any atom is -0.496 e. The molecule has 2 aliphatic rings. The summed E-state index contributed by atoms with van der Waals surface area (Å²) in [6.07, 6.45) is -0.424. The number of benzene rings is 2. The Morgan fingerprint density at radius 2 is 1.76 bits per heavy atom. The van der Waals surface area contributed by atoms with Gasteiger partial charge in [-0.3, -0.25) is 9.59 Å². The molecule has 6 nitrogen and oxygen atoms in total. The first kappa shape index (κ1) is 19.5. The molecule has 2 fully saturated rings. The van der Waals surface area contributed by atoms with Gasteiger partial charge in [0, 0.05) is 12.5 Å². The first-order chi connectivity index (χ1) is 13.7. The number of halogens is 2. The second kappa shape index (κ2) is 6.62. The molecule has 4 rings (SSSR count). The predicted octanol–water partition coefficient (Wildman–Crippen LogP) is 2.12. The number of methoxy groups -OCH3 is 1. The van der Waals surface area contributed by atoms with Crippen molar-refractivity contribution in [1.29, 1.82) is 0 Å². The minimum absolute atomic E-state index is 0.0320. The third kappa shape index (κ3) is 2.75. The molecule has 0 aliphatic carbocycles. The van der Waals surface area contributed by atoms with Gasteiger partial charge in [0.15, 0.2) is 5.78 Å². The zero-order valence-corrected chi connectivity index (χ0v) is 16.2. The monoisotopic (exact) mass is 421 g/mol. The number of fused-ring (bicyclic) bond motifs is 1. The highest BCUT2D eigenvalue weighted by Crippen LogP contribution is 2.48. The molecule has 29 heavy (non-hydrogen) atoms. The second-order valence-corrected chi connectivity index (χ2v) is 9.30. The van der Waals surface area contributed by atoms with Gasteiger partial charge in [-0.05, 0) is 54.4 Å². The van der Waals surface area contributed by atoms with Crippen LogP contribution in [-0.2, 0) is 25.8 Å². The van der Waals surface area contributed by atoms with Gasteiger partial charge in [0.2, 0.25) is 20.6 Å². The normalized spacial score (nSPS) is 23.7. The number of carbonyl (C=O) groups is 2. The lowest BCUT2D eigenvalue weighted by molar-refractivity contribution is -0.150. The summed E-state index contributed by atoms with van der Waals surface area (Å²) in [6, 6.07) is 8.01. The topological polar surface area (TPSA) is 80.8 Å². The SMILES string of the molecule is COc1ccc(F)cc1CC1CN2C(=O)CC2(S(=O)(=O)c2ccc(F)cc2)C1=O. The first-order valence-corrected chi connectivity index (χ1v) is 10.4. The standard InChI is InChI=1S/C20H17F2NO5S/c1-28-17-7-4-15(22)9-12(17)8-13-11-23-18(24)10-20(23,19(13)25)29(26,27)16-5-2-14(21)3-6-16/h2-7,9,13H,8,10-11H2,1H3. The Labute approximate surface area is 166 Å². The highest BCUT2D eigenvalue weighted by atomic mass is 32.2. The molecule has 2 atom stereocenters. The van der Waals surface area contributed by atoms with E-state index >= 15 is 0 Å². The highest BCUT2D eigenvalue weighted by Gasteiger charge is 2.70. The molecule has 0 spiro atoms. The van der Waals surface area contributed by atoms with Gasteiger partial charge in [-0.2, -0.15) is 0 Å². The summed E-state index contributed by atoms with van der Waals surface area (Å²) < 4.78 is 58.6. The lowest BCUT2D eigenvalue weighted by atomic mass is 9.92. The van der Waals surface area contributed by atoms with Crippen molar-refractivity contribution in [3.8, 4) is 5.75 Å². The van der Waals surface area contributed by atoms with Crippen LogP contribution < -0.4 is 4.74 Å². The van der Waals surface area contributed by atoms with E-state index in [1.54, 1.807) is 0 Å². The molecule has 0 radical (unpaired) electrons. The number of sulfone groups is 1. The van der Waals surface area contributed by atoms with E-state index in [0.29, 0.717) is 11.3 Å². The van der Waals surface area contributed by atoms with E-state index < -0.39 is 50.4 Å². The van der Waals surface area contributed by atoms with Crippen LogP contribution in [0.1, 0.15) is 12.0 Å². The summed E-state index contributed by atoms with van der Waals surface area (Å²) in [4.78, 5) is 24.2. The van der Waals surface area contributed by atoms with Gasteiger partial charge in [0.25, 0.3) is 0 Å². The molecule has 0 bridgehead atoms. The minimum atomic E-state index is -4.26. The van der Waals surface area contributed by atoms with Crippen molar-refractivity contribution in [3.63, 3.8) is 0 Å². The maximum Gasteiger partial charge on any atom is 0.228 e. The van der Waals surface area contributed by atoms with Gasteiger partial charge in [-0.15, -0.1) is 0 Å². The average Bonchev–Trinajstić information content (AvgIpc) is 2.90. The van der Waals surface area contributed by atoms with Gasteiger partial charge >= 0.3 is 0 Å². The highest BCUT2D eigenvalue weighted by molar-refractivity contribution is 7.93. The molecule has 2 aromatic carbocycles. The number of ketones is 1. The fourth-order valence-electron chi connectivity index (χ4n) is 4.11. The van der Waals surface area contributed by atoms with Crippen LogP contribution in [-0.4, -0.2) is 43.5 Å². The van der Waals surface area contributed by atoms with E-state index in [-0.39, 0.29) is 17.9 Å². The maximum atomic E-state index is 13.7. The summed E-state index contributed by atoms with van der Waals surface area (Å²) in [7, 11) is -2.86. The van der Waals surface area contributed by atoms with Crippen LogP contribution in [0.2, 0.25) is 0 Å². The summed E-state index contributed by atoms with van der Waals surface area (Å²) in [5.41, 5.74) is 0.412. The Hall–Kier alpha value is -2.81. The number of β-lactam (4-membered cyclic amide) rings is 1. The number of hydrogen-bond donors (Lipinski definition) is 0. The van der Waals surface area contributed by atoms with Crippen molar-refractivity contribution in [2.45, 2.75) is 22.6 Å². The smallest absolute Gasteiger partial charge is 0.228 e. The van der Waals surface area contributed by atoms with Gasteiger partial charge in [-0.1, -0.05) is 0 Å². The molecular weight excluding hydrogens is 404 g/mol. The number of nitrogens with zero attached hydrogens (tertiary/aromatic N) is 1. The second-order valence-electron chi connectivity index (χ2n) is 7.14. The third-order valence-electron chi connectivity index (χ3n) is 5.56. The quantitative estimate of drug-likeness (QED) is 0.546. The zero-order valence-electron chi connectivity index (χ0n) is 15.4. The van der Waals surface area contributed by atoms with Crippen LogP contribution in [0.3, 0.4) is 0 Å². The van der Waals surface area contributed by atoms with E-state index in [0.717, 1.165) is 29.2 Å². The summed E-state index contributed by atoms with van der Waals surface area (Å²) in [6.45, 7) is -0.0856. The number of hydrogen-bond acceptors (Lipinski definition) is 5. The molecule has 2 aromatic rings. The van der Waals surface area contributed by atoms with Crippen LogP contribution in [0.15, 0.2) is 47.4 Å². The summed E-state index contributed by atoms with van der Waals surface area (Å²) in [5, 5.41) is 0. The van der Waals surface area contributed by atoms with Crippen molar-refractivity contribution < 1.29 is 31.5 Å².